The van der Waals surface area contributed by atoms with Crippen molar-refractivity contribution in [3.63, 3.8) is 0 Å². The number of Topliss-reactive ketones (excluding diaryl/α,β-unsaturated/α-hetero) is 1. The topological polar surface area (TPSA) is 17.1 Å². The van der Waals surface area contributed by atoms with E-state index in [0.29, 0.717) is 23.0 Å². The molecular weight excluding hydrogens is 184 g/mol. The second-order valence-corrected chi connectivity index (χ2v) is 6.08. The molecule has 1 heteroatoms. The molecule has 0 aliphatic heterocycles. The van der Waals surface area contributed by atoms with Gasteiger partial charge in [-0.15, -0.1) is 0 Å². The minimum atomic E-state index is 0.300. The molecule has 0 spiro atoms. The quantitative estimate of drug-likeness (QED) is 0.682. The van der Waals surface area contributed by atoms with E-state index in [4.69, 9.17) is 0 Å². The Morgan fingerprint density at radius 3 is 2.33 bits per heavy atom. The molecule has 0 N–H and O–H groups in total. The molecule has 15 heavy (non-hydrogen) atoms. The van der Waals surface area contributed by atoms with E-state index in [2.05, 4.69) is 27.7 Å². The van der Waals surface area contributed by atoms with Crippen molar-refractivity contribution in [2.75, 3.05) is 0 Å². The maximum absolute atomic E-state index is 12.1. The van der Waals surface area contributed by atoms with Crippen molar-refractivity contribution in [2.45, 2.75) is 66.2 Å². The molecule has 1 saturated carbocycles. The molecule has 88 valence electrons. The fourth-order valence-electron chi connectivity index (χ4n) is 2.98. The lowest BCUT2D eigenvalue weighted by Gasteiger charge is -2.39. The highest BCUT2D eigenvalue weighted by Crippen LogP contribution is 2.42. The summed E-state index contributed by atoms with van der Waals surface area (Å²) in [5, 5.41) is 0. The highest BCUT2D eigenvalue weighted by Gasteiger charge is 2.37. The molecule has 2 unspecified atom stereocenters. The van der Waals surface area contributed by atoms with Crippen LogP contribution in [0.5, 0.6) is 0 Å². The number of carbonyl (C=O) groups is 1. The van der Waals surface area contributed by atoms with E-state index in [0.717, 1.165) is 19.3 Å². The van der Waals surface area contributed by atoms with Crippen LogP contribution in [0.2, 0.25) is 0 Å². The second kappa shape index (κ2) is 5.14. The standard InChI is InChI=1S/C14H26O/c1-5-8-13(15)11-9-6-7-10-12(11)14(2,3)4/h11-12H,5-10H2,1-4H3. The fourth-order valence-corrected chi connectivity index (χ4v) is 2.98. The zero-order valence-corrected chi connectivity index (χ0v) is 10.8. The Balaban J connectivity index is 2.70. The SMILES string of the molecule is CCCC(=O)C1CCCCC1C(C)(C)C. The summed E-state index contributed by atoms with van der Waals surface area (Å²) in [5.41, 5.74) is 0.300. The molecule has 0 heterocycles. The summed E-state index contributed by atoms with van der Waals surface area (Å²) < 4.78 is 0. The third-order valence-electron chi connectivity index (χ3n) is 3.79. The fraction of sp³-hybridized carbons (Fsp3) is 0.929. The Bertz CT molecular complexity index is 212. The van der Waals surface area contributed by atoms with Crippen molar-refractivity contribution < 1.29 is 4.79 Å². The molecule has 0 aromatic carbocycles. The first-order valence-corrected chi connectivity index (χ1v) is 6.49. The van der Waals surface area contributed by atoms with Gasteiger partial charge in [-0.2, -0.15) is 0 Å². The molecule has 1 nitrogen and oxygen atoms in total. The third-order valence-corrected chi connectivity index (χ3v) is 3.79. The zero-order valence-electron chi connectivity index (χ0n) is 10.8. The monoisotopic (exact) mass is 210 g/mol. The predicted octanol–water partition coefficient (Wildman–Crippen LogP) is 4.21. The van der Waals surface area contributed by atoms with Gasteiger partial charge in [-0.05, 0) is 30.6 Å². The van der Waals surface area contributed by atoms with E-state index in [-0.39, 0.29) is 0 Å². The van der Waals surface area contributed by atoms with Crippen molar-refractivity contribution in [1.82, 2.24) is 0 Å². The Labute approximate surface area is 94.6 Å². The van der Waals surface area contributed by atoms with E-state index in [1.54, 1.807) is 0 Å². The molecule has 1 aliphatic carbocycles. The predicted molar refractivity (Wildman–Crippen MR) is 64.8 cm³/mol. The van der Waals surface area contributed by atoms with E-state index in [1.165, 1.54) is 19.3 Å². The maximum atomic E-state index is 12.1. The number of carbonyl (C=O) groups excluding carboxylic acids is 1. The summed E-state index contributed by atoms with van der Waals surface area (Å²) in [6.07, 6.45) is 6.76. The molecule has 1 fully saturated rings. The van der Waals surface area contributed by atoms with Gasteiger partial charge < -0.3 is 0 Å². The molecule has 0 radical (unpaired) electrons. The van der Waals surface area contributed by atoms with E-state index in [9.17, 15) is 4.79 Å². The van der Waals surface area contributed by atoms with Gasteiger partial charge in [0.25, 0.3) is 0 Å². The summed E-state index contributed by atoms with van der Waals surface area (Å²) in [7, 11) is 0. The van der Waals surface area contributed by atoms with Crippen LogP contribution in [0, 0.1) is 17.3 Å². The summed E-state index contributed by atoms with van der Waals surface area (Å²) in [5.74, 6) is 1.50. The van der Waals surface area contributed by atoms with Crippen molar-refractivity contribution >= 4 is 5.78 Å². The van der Waals surface area contributed by atoms with Gasteiger partial charge in [0.05, 0.1) is 0 Å². The van der Waals surface area contributed by atoms with Gasteiger partial charge in [0, 0.05) is 12.3 Å². The third kappa shape index (κ3) is 3.32. The minimum absolute atomic E-state index is 0.300. The normalized spacial score (nSPS) is 27.7. The smallest absolute Gasteiger partial charge is 0.136 e. The highest BCUT2D eigenvalue weighted by atomic mass is 16.1. The van der Waals surface area contributed by atoms with Gasteiger partial charge in [-0.25, -0.2) is 0 Å². The molecule has 1 aliphatic rings. The molecule has 0 aromatic rings. The minimum Gasteiger partial charge on any atom is -0.299 e. The summed E-state index contributed by atoms with van der Waals surface area (Å²) in [6, 6.07) is 0. The van der Waals surface area contributed by atoms with Crippen LogP contribution in [0.1, 0.15) is 66.2 Å². The van der Waals surface area contributed by atoms with Crippen molar-refractivity contribution in [2.24, 2.45) is 17.3 Å². The van der Waals surface area contributed by atoms with Crippen LogP contribution in [0.25, 0.3) is 0 Å². The van der Waals surface area contributed by atoms with Crippen LogP contribution < -0.4 is 0 Å². The lowest BCUT2D eigenvalue weighted by atomic mass is 9.65. The summed E-state index contributed by atoms with van der Waals surface area (Å²) in [6.45, 7) is 8.96. The number of hydrogen-bond donors (Lipinski definition) is 0. The van der Waals surface area contributed by atoms with E-state index in [1.807, 2.05) is 0 Å². The average Bonchev–Trinajstić information content (AvgIpc) is 2.17. The number of ketones is 1. The van der Waals surface area contributed by atoms with Crippen molar-refractivity contribution in [3.8, 4) is 0 Å². The molecule has 0 amide bonds. The first-order chi connectivity index (χ1) is 6.96. The van der Waals surface area contributed by atoms with Gasteiger partial charge in [-0.3, -0.25) is 4.79 Å². The average molecular weight is 210 g/mol. The van der Waals surface area contributed by atoms with E-state index < -0.39 is 0 Å². The molecule has 2 atom stereocenters. The van der Waals surface area contributed by atoms with Gasteiger partial charge in [0.2, 0.25) is 0 Å². The Kier molecular flexibility index (Phi) is 4.36. The van der Waals surface area contributed by atoms with Gasteiger partial charge in [-0.1, -0.05) is 40.5 Å². The number of hydrogen-bond acceptors (Lipinski definition) is 1. The zero-order chi connectivity index (χ0) is 11.5. The van der Waals surface area contributed by atoms with Crippen molar-refractivity contribution in [1.29, 1.82) is 0 Å². The molecular formula is C14H26O. The Hall–Kier alpha value is -0.330. The Morgan fingerprint density at radius 1 is 1.20 bits per heavy atom. The van der Waals surface area contributed by atoms with Gasteiger partial charge in [0.15, 0.2) is 0 Å². The first kappa shape index (κ1) is 12.7. The number of rotatable bonds is 3. The summed E-state index contributed by atoms with van der Waals surface area (Å²) in [4.78, 5) is 12.1. The molecule has 1 rings (SSSR count). The first-order valence-electron chi connectivity index (χ1n) is 6.49. The Morgan fingerprint density at radius 2 is 1.80 bits per heavy atom. The van der Waals surface area contributed by atoms with Crippen LogP contribution in [-0.4, -0.2) is 5.78 Å². The van der Waals surface area contributed by atoms with Crippen LogP contribution in [0.4, 0.5) is 0 Å². The van der Waals surface area contributed by atoms with Crippen LogP contribution in [-0.2, 0) is 4.79 Å². The van der Waals surface area contributed by atoms with Crippen LogP contribution in [0.15, 0.2) is 0 Å². The maximum Gasteiger partial charge on any atom is 0.136 e. The van der Waals surface area contributed by atoms with Crippen molar-refractivity contribution in [3.05, 3.63) is 0 Å². The van der Waals surface area contributed by atoms with Crippen LogP contribution >= 0.6 is 0 Å². The largest absolute Gasteiger partial charge is 0.299 e. The van der Waals surface area contributed by atoms with E-state index >= 15 is 0 Å². The molecule has 0 bridgehead atoms. The lowest BCUT2D eigenvalue weighted by molar-refractivity contribution is -0.127. The molecule has 0 aromatic heterocycles. The second-order valence-electron chi connectivity index (χ2n) is 6.08. The van der Waals surface area contributed by atoms with Gasteiger partial charge in [0.1, 0.15) is 5.78 Å². The molecule has 0 saturated heterocycles. The van der Waals surface area contributed by atoms with Crippen LogP contribution in [0.3, 0.4) is 0 Å². The lowest BCUT2D eigenvalue weighted by Crippen LogP contribution is -2.35. The van der Waals surface area contributed by atoms with Gasteiger partial charge >= 0.3 is 0 Å². The highest BCUT2D eigenvalue weighted by molar-refractivity contribution is 5.81. The summed E-state index contributed by atoms with van der Waals surface area (Å²) >= 11 is 0.